The topological polar surface area (TPSA) is 84.3 Å². The molecule has 2 unspecified atom stereocenters. The largest absolute Gasteiger partial charge is 0.308 e. The minimum Gasteiger partial charge on any atom is -0.308 e. The number of sulfonamides is 1. The summed E-state index contributed by atoms with van der Waals surface area (Å²) in [4.78, 5) is 14.4. The summed E-state index contributed by atoms with van der Waals surface area (Å²) in [7, 11) is -3.80. The standard InChI is InChI=1S/C17H22N4O3S/c1-12(2)20-11-15(10-18-20)25(23,24)19-16-9-13(3)21(17(16)22)14-7-5-4-6-8-14/h4-8,10-13,16,19H,9H2,1-3H3. The third-order valence-corrected chi connectivity index (χ3v) is 5.73. The van der Waals surface area contributed by atoms with E-state index in [1.807, 2.05) is 51.1 Å². The van der Waals surface area contributed by atoms with Crippen molar-refractivity contribution in [3.8, 4) is 0 Å². The summed E-state index contributed by atoms with van der Waals surface area (Å²) in [5, 5.41) is 4.06. The Morgan fingerprint density at radius 2 is 1.92 bits per heavy atom. The van der Waals surface area contributed by atoms with Gasteiger partial charge in [0.05, 0.1) is 6.20 Å². The smallest absolute Gasteiger partial charge is 0.245 e. The van der Waals surface area contributed by atoms with Gasteiger partial charge in [0, 0.05) is 24.0 Å². The maximum atomic E-state index is 12.7. The molecule has 25 heavy (non-hydrogen) atoms. The average molecular weight is 362 g/mol. The number of aromatic nitrogens is 2. The highest BCUT2D eigenvalue weighted by molar-refractivity contribution is 7.89. The van der Waals surface area contributed by atoms with E-state index >= 15 is 0 Å². The molecule has 1 N–H and O–H groups in total. The summed E-state index contributed by atoms with van der Waals surface area (Å²) < 4.78 is 29.3. The van der Waals surface area contributed by atoms with Gasteiger partial charge in [-0.2, -0.15) is 9.82 Å². The first-order valence-corrected chi connectivity index (χ1v) is 9.72. The maximum Gasteiger partial charge on any atom is 0.245 e. The predicted octanol–water partition coefficient (Wildman–Crippen LogP) is 1.94. The van der Waals surface area contributed by atoms with Crippen molar-refractivity contribution in [3.05, 3.63) is 42.7 Å². The van der Waals surface area contributed by atoms with Crippen LogP contribution in [-0.2, 0) is 14.8 Å². The summed E-state index contributed by atoms with van der Waals surface area (Å²) >= 11 is 0. The van der Waals surface area contributed by atoms with Gasteiger partial charge >= 0.3 is 0 Å². The van der Waals surface area contributed by atoms with Gasteiger partial charge in [0.15, 0.2) is 0 Å². The van der Waals surface area contributed by atoms with Crippen LogP contribution in [0.1, 0.15) is 33.2 Å². The third-order valence-electron chi connectivity index (χ3n) is 4.30. The first kappa shape index (κ1) is 17.6. The first-order chi connectivity index (χ1) is 11.8. The fraction of sp³-hybridized carbons (Fsp3) is 0.412. The second kappa shape index (κ2) is 6.61. The van der Waals surface area contributed by atoms with Crippen molar-refractivity contribution >= 4 is 21.6 Å². The van der Waals surface area contributed by atoms with Crippen molar-refractivity contribution in [2.45, 2.75) is 50.2 Å². The van der Waals surface area contributed by atoms with Crippen LogP contribution < -0.4 is 9.62 Å². The lowest BCUT2D eigenvalue weighted by Gasteiger charge is -2.21. The lowest BCUT2D eigenvalue weighted by Crippen LogP contribution is -2.41. The number of carbonyl (C=O) groups is 1. The molecule has 2 heterocycles. The second-order valence-corrected chi connectivity index (χ2v) is 8.27. The summed E-state index contributed by atoms with van der Waals surface area (Å²) in [5.74, 6) is -0.237. The van der Waals surface area contributed by atoms with Crippen LogP contribution >= 0.6 is 0 Å². The van der Waals surface area contributed by atoms with E-state index < -0.39 is 16.1 Å². The van der Waals surface area contributed by atoms with Crippen molar-refractivity contribution < 1.29 is 13.2 Å². The van der Waals surface area contributed by atoms with Crippen molar-refractivity contribution in [3.63, 3.8) is 0 Å². The second-order valence-electron chi connectivity index (χ2n) is 6.55. The van der Waals surface area contributed by atoms with E-state index in [2.05, 4.69) is 9.82 Å². The number of benzene rings is 1. The summed E-state index contributed by atoms with van der Waals surface area (Å²) in [6.07, 6.45) is 3.20. The Kier molecular flexibility index (Phi) is 4.66. The molecule has 0 aliphatic carbocycles. The predicted molar refractivity (Wildman–Crippen MR) is 94.7 cm³/mol. The fourth-order valence-corrected chi connectivity index (χ4v) is 4.14. The first-order valence-electron chi connectivity index (χ1n) is 8.24. The zero-order valence-corrected chi connectivity index (χ0v) is 15.3. The average Bonchev–Trinajstić information content (AvgIpc) is 3.15. The maximum absolute atomic E-state index is 12.7. The van der Waals surface area contributed by atoms with Gasteiger partial charge in [-0.25, -0.2) is 8.42 Å². The van der Waals surface area contributed by atoms with Gasteiger partial charge in [-0.3, -0.25) is 9.48 Å². The van der Waals surface area contributed by atoms with Crippen LogP contribution in [-0.4, -0.2) is 36.2 Å². The molecule has 7 nitrogen and oxygen atoms in total. The van der Waals surface area contributed by atoms with Crippen LogP contribution in [0, 0.1) is 0 Å². The van der Waals surface area contributed by atoms with Gasteiger partial charge in [0.25, 0.3) is 0 Å². The van der Waals surface area contributed by atoms with Crippen LogP contribution in [0.3, 0.4) is 0 Å². The molecular formula is C17H22N4O3S. The number of hydrogen-bond donors (Lipinski definition) is 1. The number of nitrogens with zero attached hydrogens (tertiary/aromatic N) is 3. The minimum atomic E-state index is -3.80. The molecule has 1 aromatic carbocycles. The zero-order chi connectivity index (χ0) is 18.2. The molecule has 1 aliphatic heterocycles. The van der Waals surface area contributed by atoms with Crippen molar-refractivity contribution in [1.82, 2.24) is 14.5 Å². The van der Waals surface area contributed by atoms with Gasteiger partial charge in [-0.05, 0) is 39.3 Å². The van der Waals surface area contributed by atoms with Gasteiger partial charge in [0.1, 0.15) is 10.9 Å². The fourth-order valence-electron chi connectivity index (χ4n) is 3.00. The Hall–Kier alpha value is -2.19. The van der Waals surface area contributed by atoms with E-state index in [0.717, 1.165) is 5.69 Å². The number of carbonyl (C=O) groups excluding carboxylic acids is 1. The van der Waals surface area contributed by atoms with Crippen LogP contribution in [0.15, 0.2) is 47.6 Å². The number of para-hydroxylation sites is 1. The van der Waals surface area contributed by atoms with E-state index in [9.17, 15) is 13.2 Å². The SMILES string of the molecule is CC1CC(NS(=O)(=O)c2cnn(C(C)C)c2)C(=O)N1c1ccccc1. The third kappa shape index (κ3) is 3.45. The van der Waals surface area contributed by atoms with Crippen molar-refractivity contribution in [1.29, 1.82) is 0 Å². The molecule has 0 radical (unpaired) electrons. The summed E-state index contributed by atoms with van der Waals surface area (Å²) in [6.45, 7) is 5.74. The lowest BCUT2D eigenvalue weighted by atomic mass is 10.2. The molecular weight excluding hydrogens is 340 g/mol. The number of anilines is 1. The molecule has 0 bridgehead atoms. The van der Waals surface area contributed by atoms with E-state index in [1.165, 1.54) is 12.4 Å². The van der Waals surface area contributed by atoms with E-state index in [0.29, 0.717) is 6.42 Å². The molecule has 2 aromatic rings. The lowest BCUT2D eigenvalue weighted by molar-refractivity contribution is -0.118. The van der Waals surface area contributed by atoms with Crippen LogP contribution in [0.4, 0.5) is 5.69 Å². The highest BCUT2D eigenvalue weighted by Gasteiger charge is 2.40. The molecule has 3 rings (SSSR count). The molecule has 1 amide bonds. The molecule has 8 heteroatoms. The molecule has 2 atom stereocenters. The van der Waals surface area contributed by atoms with E-state index in [1.54, 1.807) is 9.58 Å². The molecule has 0 spiro atoms. The molecule has 134 valence electrons. The van der Waals surface area contributed by atoms with Gasteiger partial charge in [0.2, 0.25) is 15.9 Å². The summed E-state index contributed by atoms with van der Waals surface area (Å²) in [5.41, 5.74) is 0.773. The van der Waals surface area contributed by atoms with Gasteiger partial charge in [-0.15, -0.1) is 0 Å². The summed E-state index contributed by atoms with van der Waals surface area (Å²) in [6, 6.07) is 8.48. The van der Waals surface area contributed by atoms with Crippen molar-refractivity contribution in [2.24, 2.45) is 0 Å². The van der Waals surface area contributed by atoms with Crippen LogP contribution in [0.5, 0.6) is 0 Å². The number of rotatable bonds is 5. The van der Waals surface area contributed by atoms with E-state index in [-0.39, 0.29) is 22.9 Å². The molecule has 1 fully saturated rings. The van der Waals surface area contributed by atoms with Crippen LogP contribution in [0.25, 0.3) is 0 Å². The molecule has 1 aromatic heterocycles. The van der Waals surface area contributed by atoms with E-state index in [4.69, 9.17) is 0 Å². The highest BCUT2D eigenvalue weighted by Crippen LogP contribution is 2.27. The number of nitrogens with one attached hydrogen (secondary N) is 1. The van der Waals surface area contributed by atoms with Crippen LogP contribution in [0.2, 0.25) is 0 Å². The quantitative estimate of drug-likeness (QED) is 0.881. The Morgan fingerprint density at radius 1 is 1.24 bits per heavy atom. The van der Waals surface area contributed by atoms with Crippen molar-refractivity contribution in [2.75, 3.05) is 4.90 Å². The molecule has 0 saturated carbocycles. The number of amides is 1. The normalized spacial score (nSPS) is 21.3. The Balaban J connectivity index is 1.79. The molecule has 1 aliphatic rings. The minimum absolute atomic E-state index is 0.0608. The van der Waals surface area contributed by atoms with Gasteiger partial charge in [-0.1, -0.05) is 18.2 Å². The monoisotopic (exact) mass is 362 g/mol. The highest BCUT2D eigenvalue weighted by atomic mass is 32.2. The number of hydrogen-bond acceptors (Lipinski definition) is 4. The Morgan fingerprint density at radius 3 is 2.52 bits per heavy atom. The zero-order valence-electron chi connectivity index (χ0n) is 14.5. The Bertz CT molecular complexity index is 861. The Labute approximate surface area is 147 Å². The molecule has 1 saturated heterocycles. The van der Waals surface area contributed by atoms with Gasteiger partial charge < -0.3 is 4.90 Å².